The number of aromatic nitrogens is 4. The molecule has 5 heterocycles. The van der Waals surface area contributed by atoms with Crippen LogP contribution in [0, 0.1) is 0 Å². The molecule has 0 unspecified atom stereocenters. The molecule has 8 bridgehead atoms. The molecule has 0 amide bonds. The molecule has 3 aromatic rings. The first kappa shape index (κ1) is 36.5. The van der Waals surface area contributed by atoms with Crippen molar-refractivity contribution in [1.29, 1.82) is 0 Å². The molecule has 0 fully saturated rings. The van der Waals surface area contributed by atoms with Crippen molar-refractivity contribution in [3.05, 3.63) is 69.3 Å². The predicted octanol–water partition coefficient (Wildman–Crippen LogP) is 8.00. The van der Waals surface area contributed by atoms with E-state index in [0.29, 0.717) is 0 Å². The number of nitrogens with zero attached hydrogens (tertiary/aromatic N) is 2. The Hall–Kier alpha value is -2.68. The van der Waals surface area contributed by atoms with Crippen LogP contribution in [0.3, 0.4) is 0 Å². The van der Waals surface area contributed by atoms with Crippen LogP contribution < -0.4 is 0 Å². The zero-order chi connectivity index (χ0) is 28.6. The van der Waals surface area contributed by atoms with Crippen LogP contribution in [-0.2, 0) is 25.7 Å². The zero-order valence-corrected chi connectivity index (χ0v) is 30.2. The van der Waals surface area contributed by atoms with E-state index >= 15 is 0 Å². The van der Waals surface area contributed by atoms with Crippen molar-refractivity contribution in [2.45, 2.75) is 107 Å². The smallest absolute Gasteiger partial charge is 0.0726 e. The van der Waals surface area contributed by atoms with E-state index in [1.54, 1.807) is 0 Å². The average Bonchev–Trinajstić information content (AvgIpc) is 3.73. The quantitative estimate of drug-likeness (QED) is 0.233. The molecule has 2 aliphatic rings. The minimum absolute atomic E-state index is 0. The Morgan fingerprint density at radius 1 is 0.488 bits per heavy atom. The first-order valence-corrected chi connectivity index (χ1v) is 15.7. The van der Waals surface area contributed by atoms with Gasteiger partial charge < -0.3 is 20.9 Å². The van der Waals surface area contributed by atoms with Crippen molar-refractivity contribution in [3.63, 3.8) is 0 Å². The molecule has 0 aliphatic carbocycles. The Bertz CT molecular complexity index is 1690. The van der Waals surface area contributed by atoms with E-state index in [2.05, 4.69) is 89.6 Å². The molecule has 4 radical (unpaired) electrons. The molecule has 0 saturated carbocycles. The number of allylic oxidation sites excluding steroid dienone is 4. The van der Waals surface area contributed by atoms with Gasteiger partial charge in [-0.15, -0.1) is 0 Å². The van der Waals surface area contributed by atoms with Gasteiger partial charge in [-0.05, 0) is 109 Å². The number of hydrogen-bond donors (Lipinski definition) is 2. The third-order valence-corrected chi connectivity index (χ3v) is 8.91. The topological polar surface area (TPSA) is 120 Å². The van der Waals surface area contributed by atoms with Gasteiger partial charge in [-0.3, -0.25) is 0 Å². The van der Waals surface area contributed by atoms with Gasteiger partial charge in [0, 0.05) is 57.1 Å². The second-order valence-corrected chi connectivity index (χ2v) is 10.9. The summed E-state index contributed by atoms with van der Waals surface area (Å²) in [5.74, 6) is 0. The molecule has 0 spiro atoms. The molecule has 6 nitrogen and oxygen atoms in total. The van der Waals surface area contributed by atoms with Crippen LogP contribution in [0.2, 0.25) is 0 Å². The summed E-state index contributed by atoms with van der Waals surface area (Å²) in [5.41, 5.74) is 20.3. The third-order valence-electron chi connectivity index (χ3n) is 8.91. The van der Waals surface area contributed by atoms with Crippen molar-refractivity contribution in [1.82, 2.24) is 19.9 Å². The van der Waals surface area contributed by atoms with Crippen LogP contribution >= 0.6 is 0 Å². The standard InChI is InChI=1S/C36H46N4.2H2O.Sn/c1-9-23-25(11-3)33-29(15-7)35-27(13-5)28(14-6)36(40-35)30(16-8)34-26(12-4)24(10-2)32(39-34)20-22-18-17-21(37-22)19-31(23)38-33;;;/h17-20,37-38H,9-16H2,1-8H3;2*1H2;. The fourth-order valence-corrected chi connectivity index (χ4v) is 7.07. The summed E-state index contributed by atoms with van der Waals surface area (Å²) in [7, 11) is 0. The molecule has 43 heavy (non-hydrogen) atoms. The summed E-state index contributed by atoms with van der Waals surface area (Å²) in [6.45, 7) is 18.2. The number of aryl methyl sites for hydroxylation is 3. The second-order valence-electron chi connectivity index (χ2n) is 10.9. The van der Waals surface area contributed by atoms with Crippen LogP contribution in [0.4, 0.5) is 0 Å². The van der Waals surface area contributed by atoms with Gasteiger partial charge in [0.15, 0.2) is 0 Å². The number of hydrogen-bond acceptors (Lipinski definition) is 2. The van der Waals surface area contributed by atoms with Gasteiger partial charge in [0.25, 0.3) is 0 Å². The summed E-state index contributed by atoms with van der Waals surface area (Å²) < 4.78 is 0. The molecular weight excluding hydrogens is 639 g/mol. The minimum atomic E-state index is 0. The van der Waals surface area contributed by atoms with Crippen LogP contribution in [0.25, 0.3) is 44.4 Å². The number of nitrogens with one attached hydrogen (secondary N) is 2. The molecule has 2 aliphatic heterocycles. The molecule has 5 rings (SSSR count). The summed E-state index contributed by atoms with van der Waals surface area (Å²) in [4.78, 5) is 18.5. The maximum absolute atomic E-state index is 5.57. The van der Waals surface area contributed by atoms with Gasteiger partial charge in [-0.1, -0.05) is 55.4 Å². The van der Waals surface area contributed by atoms with Gasteiger partial charge in [0.05, 0.1) is 22.8 Å². The van der Waals surface area contributed by atoms with Crippen molar-refractivity contribution in [3.8, 4) is 0 Å². The molecule has 6 N–H and O–H groups in total. The van der Waals surface area contributed by atoms with Crippen LogP contribution in [0.5, 0.6) is 0 Å². The summed E-state index contributed by atoms with van der Waals surface area (Å²) in [5, 5.41) is 0. The van der Waals surface area contributed by atoms with Crippen molar-refractivity contribution in [2.24, 2.45) is 0 Å². The Balaban J connectivity index is 0.00000215. The largest absolute Gasteiger partial charge is 0.412 e. The number of fused-ring (bicyclic) bond motifs is 8. The first-order valence-electron chi connectivity index (χ1n) is 15.7. The Labute approximate surface area is 274 Å². The Morgan fingerprint density at radius 3 is 1.47 bits per heavy atom. The summed E-state index contributed by atoms with van der Waals surface area (Å²) in [6, 6.07) is 8.89. The van der Waals surface area contributed by atoms with Gasteiger partial charge >= 0.3 is 0 Å². The monoisotopic (exact) mass is 690 g/mol. The van der Waals surface area contributed by atoms with Gasteiger partial charge in [0.1, 0.15) is 0 Å². The second kappa shape index (κ2) is 15.4. The normalized spacial score (nSPS) is 12.7. The van der Waals surface area contributed by atoms with Crippen LogP contribution in [0.15, 0.2) is 24.3 Å². The van der Waals surface area contributed by atoms with Crippen LogP contribution in [-0.4, -0.2) is 54.8 Å². The third kappa shape index (κ3) is 6.16. The van der Waals surface area contributed by atoms with Crippen LogP contribution in [0.1, 0.15) is 126 Å². The van der Waals surface area contributed by atoms with Crippen molar-refractivity contribution < 1.29 is 11.0 Å². The number of rotatable bonds is 8. The van der Waals surface area contributed by atoms with E-state index in [4.69, 9.17) is 9.97 Å². The summed E-state index contributed by atoms with van der Waals surface area (Å²) in [6.07, 6.45) is 7.74. The summed E-state index contributed by atoms with van der Waals surface area (Å²) >= 11 is 0. The zero-order valence-electron chi connectivity index (χ0n) is 27.4. The molecule has 7 heteroatoms. The van der Waals surface area contributed by atoms with E-state index in [1.165, 1.54) is 67.0 Å². The number of aromatic amines is 2. The maximum Gasteiger partial charge on any atom is 0.0726 e. The molecule has 0 aromatic carbocycles. The van der Waals surface area contributed by atoms with E-state index in [0.717, 1.165) is 73.8 Å². The average molecular weight is 690 g/mol. The van der Waals surface area contributed by atoms with Crippen molar-refractivity contribution in [2.75, 3.05) is 0 Å². The number of H-pyrrole nitrogens is 2. The first-order chi connectivity index (χ1) is 19.5. The molecular formula is C36H50N4O2Sn. The van der Waals surface area contributed by atoms with E-state index in [9.17, 15) is 0 Å². The molecule has 230 valence electrons. The fourth-order valence-electron chi connectivity index (χ4n) is 7.07. The maximum atomic E-state index is 5.57. The predicted molar refractivity (Wildman–Crippen MR) is 186 cm³/mol. The molecule has 3 aromatic heterocycles. The van der Waals surface area contributed by atoms with E-state index in [-0.39, 0.29) is 34.9 Å². The molecule has 0 atom stereocenters. The SMILES string of the molecule is CCC1=C(CC)c2nc1cc1ccc(cc3[nH]c(c(CC)c4nc(c2CC)C(CC)=C4CC)c(CC)c3CC)[nH]1.O.O.[Sn]. The fraction of sp³-hybridized carbons (Fsp3) is 0.444. The molecule has 0 saturated heterocycles. The van der Waals surface area contributed by atoms with Gasteiger partial charge in [0.2, 0.25) is 0 Å². The van der Waals surface area contributed by atoms with Gasteiger partial charge in [-0.2, -0.15) is 0 Å². The van der Waals surface area contributed by atoms with E-state index in [1.807, 2.05) is 0 Å². The Kier molecular flexibility index (Phi) is 13.0. The minimum Gasteiger partial charge on any atom is -0.412 e. The Morgan fingerprint density at radius 2 is 0.953 bits per heavy atom. The van der Waals surface area contributed by atoms with E-state index < -0.39 is 0 Å². The van der Waals surface area contributed by atoms with Crippen molar-refractivity contribution >= 4 is 68.3 Å². The van der Waals surface area contributed by atoms with Gasteiger partial charge in [-0.25, -0.2) is 9.97 Å².